The van der Waals surface area contributed by atoms with Gasteiger partial charge in [-0.3, -0.25) is 0 Å². The standard InChI is InChI=1S/C21H17FN2O2S/c1-12-7-13(2)9-17(8-12)26-21(25)19-11-18-14(3)23-24(20(18)27-19)16-6-4-5-15(22)10-16/h4-11H,1-3H3. The molecule has 4 nitrogen and oxygen atoms in total. The Morgan fingerprint density at radius 3 is 2.52 bits per heavy atom. The first-order valence-corrected chi connectivity index (χ1v) is 9.28. The van der Waals surface area contributed by atoms with Crippen molar-refractivity contribution in [2.75, 3.05) is 0 Å². The number of fused-ring (bicyclic) bond motifs is 1. The molecule has 0 unspecified atom stereocenters. The maximum atomic E-state index is 13.6. The molecule has 2 aromatic carbocycles. The van der Waals surface area contributed by atoms with Gasteiger partial charge in [0.1, 0.15) is 21.3 Å². The highest BCUT2D eigenvalue weighted by atomic mass is 32.1. The molecule has 0 aliphatic heterocycles. The third-order valence-corrected chi connectivity index (χ3v) is 5.29. The predicted molar refractivity (Wildman–Crippen MR) is 105 cm³/mol. The molecule has 2 aromatic heterocycles. The van der Waals surface area contributed by atoms with E-state index >= 15 is 0 Å². The van der Waals surface area contributed by atoms with Crippen molar-refractivity contribution in [1.29, 1.82) is 0 Å². The van der Waals surface area contributed by atoms with Gasteiger partial charge in [0, 0.05) is 5.39 Å². The Bertz CT molecular complexity index is 1160. The van der Waals surface area contributed by atoms with Crippen LogP contribution < -0.4 is 4.74 Å². The number of carbonyl (C=O) groups is 1. The molecule has 4 rings (SSSR count). The van der Waals surface area contributed by atoms with Gasteiger partial charge in [0.05, 0.1) is 11.4 Å². The number of benzene rings is 2. The minimum absolute atomic E-state index is 0.334. The minimum atomic E-state index is -0.411. The second-order valence-electron chi connectivity index (χ2n) is 6.52. The van der Waals surface area contributed by atoms with Gasteiger partial charge < -0.3 is 4.74 Å². The fraction of sp³-hybridized carbons (Fsp3) is 0.143. The Kier molecular flexibility index (Phi) is 4.28. The van der Waals surface area contributed by atoms with Gasteiger partial charge in [0.15, 0.2) is 0 Å². The van der Waals surface area contributed by atoms with Crippen LogP contribution in [0.3, 0.4) is 0 Å². The van der Waals surface area contributed by atoms with E-state index in [1.54, 1.807) is 22.9 Å². The first-order valence-electron chi connectivity index (χ1n) is 8.46. The van der Waals surface area contributed by atoms with E-state index in [9.17, 15) is 9.18 Å². The average Bonchev–Trinajstić information content (AvgIpc) is 3.15. The molecular weight excluding hydrogens is 363 g/mol. The maximum Gasteiger partial charge on any atom is 0.353 e. The number of ether oxygens (including phenoxy) is 1. The van der Waals surface area contributed by atoms with Crippen LogP contribution in [-0.2, 0) is 0 Å². The number of thiophene rings is 1. The van der Waals surface area contributed by atoms with Gasteiger partial charge in [0.2, 0.25) is 0 Å². The SMILES string of the molecule is Cc1cc(C)cc(OC(=O)c2cc3c(C)nn(-c4cccc(F)c4)c3s2)c1. The highest BCUT2D eigenvalue weighted by Crippen LogP contribution is 2.31. The number of aryl methyl sites for hydroxylation is 3. The van der Waals surface area contributed by atoms with E-state index in [2.05, 4.69) is 5.10 Å². The third-order valence-electron chi connectivity index (χ3n) is 4.20. The van der Waals surface area contributed by atoms with Crippen LogP contribution in [0.2, 0.25) is 0 Å². The summed E-state index contributed by atoms with van der Waals surface area (Å²) in [7, 11) is 0. The maximum absolute atomic E-state index is 13.6. The van der Waals surface area contributed by atoms with E-state index in [0.717, 1.165) is 27.0 Å². The van der Waals surface area contributed by atoms with Crippen molar-refractivity contribution in [1.82, 2.24) is 9.78 Å². The Morgan fingerprint density at radius 1 is 1.07 bits per heavy atom. The van der Waals surface area contributed by atoms with Crippen molar-refractivity contribution in [2.24, 2.45) is 0 Å². The average molecular weight is 380 g/mol. The van der Waals surface area contributed by atoms with E-state index in [-0.39, 0.29) is 5.82 Å². The fourth-order valence-electron chi connectivity index (χ4n) is 3.08. The van der Waals surface area contributed by atoms with Crippen molar-refractivity contribution in [3.63, 3.8) is 0 Å². The highest BCUT2D eigenvalue weighted by molar-refractivity contribution is 7.20. The molecule has 0 atom stereocenters. The third kappa shape index (κ3) is 3.36. The molecule has 0 aliphatic carbocycles. The van der Waals surface area contributed by atoms with Crippen molar-refractivity contribution in [3.05, 3.63) is 76.0 Å². The van der Waals surface area contributed by atoms with Gasteiger partial charge in [-0.05, 0) is 68.3 Å². The summed E-state index contributed by atoms with van der Waals surface area (Å²) in [4.78, 5) is 13.9. The lowest BCUT2D eigenvalue weighted by molar-refractivity contribution is 0.0740. The summed E-state index contributed by atoms with van der Waals surface area (Å²) in [6, 6.07) is 13.7. The molecule has 0 bridgehead atoms. The van der Waals surface area contributed by atoms with E-state index in [1.165, 1.54) is 23.5 Å². The van der Waals surface area contributed by atoms with Gasteiger partial charge in [0.25, 0.3) is 0 Å². The molecule has 0 saturated carbocycles. The number of halogens is 1. The van der Waals surface area contributed by atoms with E-state index < -0.39 is 5.97 Å². The second-order valence-corrected chi connectivity index (χ2v) is 7.55. The van der Waals surface area contributed by atoms with Gasteiger partial charge >= 0.3 is 5.97 Å². The van der Waals surface area contributed by atoms with Crippen molar-refractivity contribution >= 4 is 27.5 Å². The van der Waals surface area contributed by atoms with Gasteiger partial charge in [-0.25, -0.2) is 13.9 Å². The van der Waals surface area contributed by atoms with Crippen LogP contribution in [-0.4, -0.2) is 15.7 Å². The molecule has 0 N–H and O–H groups in total. The van der Waals surface area contributed by atoms with Gasteiger partial charge in [-0.2, -0.15) is 5.10 Å². The summed E-state index contributed by atoms with van der Waals surface area (Å²) in [5.41, 5.74) is 3.46. The van der Waals surface area contributed by atoms with Crippen molar-refractivity contribution in [3.8, 4) is 11.4 Å². The molecule has 2 heterocycles. The monoisotopic (exact) mass is 380 g/mol. The largest absolute Gasteiger partial charge is 0.422 e. The van der Waals surface area contributed by atoms with E-state index in [4.69, 9.17) is 4.74 Å². The molecule has 0 radical (unpaired) electrons. The normalized spacial score (nSPS) is 11.1. The van der Waals surface area contributed by atoms with Crippen molar-refractivity contribution < 1.29 is 13.9 Å². The Balaban J connectivity index is 1.71. The zero-order valence-corrected chi connectivity index (χ0v) is 15.9. The van der Waals surface area contributed by atoms with Crippen LogP contribution in [0.4, 0.5) is 4.39 Å². The molecule has 0 fully saturated rings. The molecule has 27 heavy (non-hydrogen) atoms. The molecule has 0 amide bonds. The number of hydrogen-bond acceptors (Lipinski definition) is 4. The zero-order chi connectivity index (χ0) is 19.1. The van der Waals surface area contributed by atoms with Gasteiger partial charge in [-0.1, -0.05) is 12.1 Å². The smallest absolute Gasteiger partial charge is 0.353 e. The fourth-order valence-corrected chi connectivity index (χ4v) is 4.14. The topological polar surface area (TPSA) is 44.1 Å². The second kappa shape index (κ2) is 6.63. The van der Waals surface area contributed by atoms with Crippen LogP contribution in [0.1, 0.15) is 26.5 Å². The Morgan fingerprint density at radius 2 is 1.81 bits per heavy atom. The minimum Gasteiger partial charge on any atom is -0.422 e. The summed E-state index contributed by atoms with van der Waals surface area (Å²) >= 11 is 1.28. The summed E-state index contributed by atoms with van der Waals surface area (Å²) in [6.45, 7) is 5.78. The number of rotatable bonds is 3. The molecule has 0 spiro atoms. The van der Waals surface area contributed by atoms with Gasteiger partial charge in [-0.15, -0.1) is 11.3 Å². The number of esters is 1. The predicted octanol–water partition coefficient (Wildman–Crippen LogP) is 5.37. The van der Waals surface area contributed by atoms with Crippen LogP contribution in [0.25, 0.3) is 15.9 Å². The summed E-state index contributed by atoms with van der Waals surface area (Å²) < 4.78 is 20.8. The Labute approximate surface area is 159 Å². The van der Waals surface area contributed by atoms with Crippen LogP contribution in [0, 0.1) is 26.6 Å². The summed E-state index contributed by atoms with van der Waals surface area (Å²) in [5.74, 6) is -0.218. The number of carbonyl (C=O) groups excluding carboxylic acids is 1. The van der Waals surface area contributed by atoms with Crippen LogP contribution in [0.5, 0.6) is 5.75 Å². The highest BCUT2D eigenvalue weighted by Gasteiger charge is 2.19. The summed E-state index contributed by atoms with van der Waals surface area (Å²) in [6.07, 6.45) is 0. The van der Waals surface area contributed by atoms with Crippen LogP contribution in [0.15, 0.2) is 48.5 Å². The quantitative estimate of drug-likeness (QED) is 0.354. The summed E-state index contributed by atoms with van der Waals surface area (Å²) in [5, 5.41) is 5.34. The first-order chi connectivity index (χ1) is 12.9. The van der Waals surface area contributed by atoms with Crippen molar-refractivity contribution in [2.45, 2.75) is 20.8 Å². The molecule has 136 valence electrons. The number of nitrogens with zero attached hydrogens (tertiary/aromatic N) is 2. The molecule has 0 aliphatic rings. The van der Waals surface area contributed by atoms with Crippen LogP contribution >= 0.6 is 11.3 Å². The molecular formula is C21H17FN2O2S. The Hall–Kier alpha value is -2.99. The zero-order valence-electron chi connectivity index (χ0n) is 15.1. The lowest BCUT2D eigenvalue weighted by Gasteiger charge is -2.05. The number of hydrogen-bond donors (Lipinski definition) is 0. The molecule has 6 heteroatoms. The molecule has 0 saturated heterocycles. The molecule has 4 aromatic rings. The lowest BCUT2D eigenvalue weighted by atomic mass is 10.1. The first kappa shape index (κ1) is 17.4. The number of aromatic nitrogens is 2. The van der Waals surface area contributed by atoms with E-state index in [1.807, 2.05) is 39.0 Å². The lowest BCUT2D eigenvalue weighted by Crippen LogP contribution is -2.06. The van der Waals surface area contributed by atoms with E-state index in [0.29, 0.717) is 16.3 Å².